The van der Waals surface area contributed by atoms with Crippen LogP contribution in [-0.2, 0) is 12.8 Å². The standard InChI is InChI=1S/C22H27N3O/c1-6-9-16(10-7-2)13-20-22(23)24-15(4)21(25-20)19-12-11-18(26-5)14-17(19)8-3/h6-7,9-12,14H,1,8,13H2,2-5H3,(H2,23,24)/b10-7-,16-9+. The lowest BCUT2D eigenvalue weighted by Gasteiger charge is -2.14. The zero-order chi connectivity index (χ0) is 19.1. The van der Waals surface area contributed by atoms with Gasteiger partial charge in [-0.15, -0.1) is 0 Å². The van der Waals surface area contributed by atoms with Crippen molar-refractivity contribution in [2.45, 2.75) is 33.6 Å². The number of hydrogen-bond donors (Lipinski definition) is 1. The highest BCUT2D eigenvalue weighted by Crippen LogP contribution is 2.30. The first-order chi connectivity index (χ1) is 12.5. The summed E-state index contributed by atoms with van der Waals surface area (Å²) in [4.78, 5) is 9.42. The number of aromatic nitrogens is 2. The number of aryl methyl sites for hydroxylation is 2. The second-order valence-electron chi connectivity index (χ2n) is 6.02. The van der Waals surface area contributed by atoms with Crippen LogP contribution in [0.2, 0.25) is 0 Å². The normalized spacial score (nSPS) is 11.8. The summed E-state index contributed by atoms with van der Waals surface area (Å²) in [5.74, 6) is 1.31. The number of nitrogen functional groups attached to an aromatic ring is 1. The first kappa shape index (κ1) is 19.4. The average molecular weight is 349 g/mol. The molecule has 4 nitrogen and oxygen atoms in total. The molecule has 0 atom stereocenters. The first-order valence-electron chi connectivity index (χ1n) is 8.78. The van der Waals surface area contributed by atoms with E-state index in [1.54, 1.807) is 13.2 Å². The molecule has 1 heterocycles. The summed E-state index contributed by atoms with van der Waals surface area (Å²) >= 11 is 0. The van der Waals surface area contributed by atoms with Gasteiger partial charge in [-0.1, -0.05) is 37.8 Å². The molecule has 2 aromatic rings. The second kappa shape index (κ2) is 8.99. The van der Waals surface area contributed by atoms with Crippen molar-refractivity contribution in [2.24, 2.45) is 0 Å². The van der Waals surface area contributed by atoms with Crippen molar-refractivity contribution in [1.82, 2.24) is 9.97 Å². The van der Waals surface area contributed by atoms with E-state index in [4.69, 9.17) is 15.5 Å². The van der Waals surface area contributed by atoms with Crippen LogP contribution in [0.1, 0.15) is 30.8 Å². The summed E-state index contributed by atoms with van der Waals surface area (Å²) in [5, 5.41) is 0. The van der Waals surface area contributed by atoms with Gasteiger partial charge in [-0.25, -0.2) is 9.97 Å². The van der Waals surface area contributed by atoms with Crippen LogP contribution in [0.4, 0.5) is 5.82 Å². The molecule has 1 aromatic carbocycles. The molecular formula is C22H27N3O. The van der Waals surface area contributed by atoms with Crippen LogP contribution >= 0.6 is 0 Å². The molecule has 0 aliphatic carbocycles. The number of hydrogen-bond acceptors (Lipinski definition) is 4. The maximum absolute atomic E-state index is 6.15. The van der Waals surface area contributed by atoms with Crippen LogP contribution in [0, 0.1) is 6.92 Å². The molecule has 0 amide bonds. The number of benzene rings is 1. The molecular weight excluding hydrogens is 322 g/mol. The van der Waals surface area contributed by atoms with Gasteiger partial charge in [-0.2, -0.15) is 0 Å². The van der Waals surface area contributed by atoms with E-state index in [0.29, 0.717) is 12.2 Å². The minimum absolute atomic E-state index is 0.470. The van der Waals surface area contributed by atoms with Crippen LogP contribution < -0.4 is 10.5 Å². The topological polar surface area (TPSA) is 61.0 Å². The molecule has 4 heteroatoms. The number of ether oxygens (including phenoxy) is 1. The summed E-state index contributed by atoms with van der Waals surface area (Å²) in [5.41, 5.74) is 12.0. The highest BCUT2D eigenvalue weighted by Gasteiger charge is 2.14. The summed E-state index contributed by atoms with van der Waals surface area (Å²) in [6, 6.07) is 6.05. The number of allylic oxidation sites excluding steroid dienone is 5. The Hall–Kier alpha value is -2.88. The van der Waals surface area contributed by atoms with E-state index in [0.717, 1.165) is 40.4 Å². The highest BCUT2D eigenvalue weighted by molar-refractivity contribution is 5.68. The van der Waals surface area contributed by atoms with Gasteiger partial charge in [0.1, 0.15) is 11.6 Å². The number of rotatable bonds is 7. The number of methoxy groups -OCH3 is 1. The highest BCUT2D eigenvalue weighted by atomic mass is 16.5. The molecule has 2 N–H and O–H groups in total. The van der Waals surface area contributed by atoms with E-state index in [1.807, 2.05) is 44.2 Å². The van der Waals surface area contributed by atoms with E-state index in [1.165, 1.54) is 5.56 Å². The minimum Gasteiger partial charge on any atom is -0.497 e. The Labute approximate surface area is 156 Å². The Balaban J connectivity index is 2.55. The van der Waals surface area contributed by atoms with Gasteiger partial charge in [0.25, 0.3) is 0 Å². The predicted octanol–water partition coefficient (Wildman–Crippen LogP) is 4.84. The van der Waals surface area contributed by atoms with Crippen molar-refractivity contribution in [1.29, 1.82) is 0 Å². The third kappa shape index (κ3) is 4.39. The quantitative estimate of drug-likeness (QED) is 0.727. The smallest absolute Gasteiger partial charge is 0.145 e. The van der Waals surface area contributed by atoms with Crippen LogP contribution in [0.3, 0.4) is 0 Å². The molecule has 1 aromatic heterocycles. The lowest BCUT2D eigenvalue weighted by atomic mass is 10.00. The Bertz CT molecular complexity index is 851. The maximum atomic E-state index is 6.15. The number of nitrogens with zero attached hydrogens (tertiary/aromatic N) is 2. The Kier molecular flexibility index (Phi) is 6.73. The van der Waals surface area contributed by atoms with Crippen molar-refractivity contribution in [2.75, 3.05) is 12.8 Å². The molecule has 0 saturated heterocycles. The Morgan fingerprint density at radius 2 is 2.08 bits per heavy atom. The van der Waals surface area contributed by atoms with Gasteiger partial charge in [0.15, 0.2) is 0 Å². The van der Waals surface area contributed by atoms with Gasteiger partial charge >= 0.3 is 0 Å². The fourth-order valence-corrected chi connectivity index (χ4v) is 2.91. The largest absolute Gasteiger partial charge is 0.497 e. The predicted molar refractivity (Wildman–Crippen MR) is 109 cm³/mol. The summed E-state index contributed by atoms with van der Waals surface area (Å²) < 4.78 is 5.35. The van der Waals surface area contributed by atoms with Crippen LogP contribution in [0.5, 0.6) is 5.75 Å². The van der Waals surface area contributed by atoms with E-state index in [2.05, 4.69) is 24.6 Å². The summed E-state index contributed by atoms with van der Waals surface area (Å²) in [7, 11) is 1.68. The lowest BCUT2D eigenvalue weighted by Crippen LogP contribution is -2.07. The number of nitrogens with two attached hydrogens (primary N) is 1. The van der Waals surface area contributed by atoms with Gasteiger partial charge in [0.05, 0.1) is 24.2 Å². The zero-order valence-corrected chi connectivity index (χ0v) is 16.0. The number of anilines is 1. The van der Waals surface area contributed by atoms with Gasteiger partial charge in [-0.05, 0) is 49.6 Å². The van der Waals surface area contributed by atoms with Gasteiger partial charge in [0.2, 0.25) is 0 Å². The zero-order valence-electron chi connectivity index (χ0n) is 16.0. The maximum Gasteiger partial charge on any atom is 0.145 e. The van der Waals surface area contributed by atoms with Crippen molar-refractivity contribution >= 4 is 5.82 Å². The van der Waals surface area contributed by atoms with Crippen LogP contribution in [0.15, 0.2) is 54.7 Å². The fraction of sp³-hybridized carbons (Fsp3) is 0.273. The Morgan fingerprint density at radius 3 is 2.69 bits per heavy atom. The van der Waals surface area contributed by atoms with Crippen molar-refractivity contribution in [3.05, 3.63) is 71.6 Å². The molecule has 0 aliphatic rings. The molecule has 0 fully saturated rings. The molecule has 0 bridgehead atoms. The van der Waals surface area contributed by atoms with Crippen molar-refractivity contribution in [3.8, 4) is 17.0 Å². The second-order valence-corrected chi connectivity index (χ2v) is 6.02. The average Bonchev–Trinajstić information content (AvgIpc) is 2.64. The van der Waals surface area contributed by atoms with Crippen LogP contribution in [-0.4, -0.2) is 17.1 Å². The van der Waals surface area contributed by atoms with Crippen molar-refractivity contribution in [3.63, 3.8) is 0 Å². The monoisotopic (exact) mass is 349 g/mol. The van der Waals surface area contributed by atoms with Gasteiger partial charge in [-0.3, -0.25) is 0 Å². The molecule has 0 spiro atoms. The minimum atomic E-state index is 0.470. The van der Waals surface area contributed by atoms with E-state index in [-0.39, 0.29) is 0 Å². The molecule has 0 radical (unpaired) electrons. The first-order valence-corrected chi connectivity index (χ1v) is 8.78. The van der Waals surface area contributed by atoms with Gasteiger partial charge in [0, 0.05) is 12.0 Å². The summed E-state index contributed by atoms with van der Waals surface area (Å²) in [6.07, 6.45) is 9.26. The van der Waals surface area contributed by atoms with E-state index in [9.17, 15) is 0 Å². The molecule has 136 valence electrons. The molecule has 0 unspecified atom stereocenters. The van der Waals surface area contributed by atoms with E-state index < -0.39 is 0 Å². The van der Waals surface area contributed by atoms with Crippen molar-refractivity contribution < 1.29 is 4.74 Å². The fourth-order valence-electron chi connectivity index (χ4n) is 2.91. The molecule has 2 rings (SSSR count). The molecule has 26 heavy (non-hydrogen) atoms. The Morgan fingerprint density at radius 1 is 1.31 bits per heavy atom. The lowest BCUT2D eigenvalue weighted by molar-refractivity contribution is 0.414. The SMILES string of the molecule is C=C/C=C(\C=C/C)Cc1nc(-c2ccc(OC)cc2CC)c(C)nc1N. The molecule has 0 saturated carbocycles. The summed E-state index contributed by atoms with van der Waals surface area (Å²) in [6.45, 7) is 9.82. The van der Waals surface area contributed by atoms with Crippen LogP contribution in [0.25, 0.3) is 11.3 Å². The van der Waals surface area contributed by atoms with E-state index >= 15 is 0 Å². The third-order valence-corrected chi connectivity index (χ3v) is 4.21. The van der Waals surface area contributed by atoms with Gasteiger partial charge < -0.3 is 10.5 Å². The molecule has 0 aliphatic heterocycles. The third-order valence-electron chi connectivity index (χ3n) is 4.21.